The Bertz CT molecular complexity index is 559. The van der Waals surface area contributed by atoms with Gasteiger partial charge in [-0.05, 0) is 57.3 Å². The van der Waals surface area contributed by atoms with Crippen molar-refractivity contribution in [2.75, 3.05) is 47.4 Å². The number of halogens is 1. The predicted molar refractivity (Wildman–Crippen MR) is 125 cm³/mol. The Morgan fingerprint density at radius 1 is 1.26 bits per heavy atom. The Kier molecular flexibility index (Phi) is 11.7. The summed E-state index contributed by atoms with van der Waals surface area (Å²) in [5, 5.41) is 3.49. The van der Waals surface area contributed by atoms with Crippen LogP contribution in [0.25, 0.3) is 0 Å². The van der Waals surface area contributed by atoms with Gasteiger partial charge in [0, 0.05) is 32.7 Å². The molecule has 0 saturated carbocycles. The first kappa shape index (κ1) is 24.0. The first-order valence-corrected chi connectivity index (χ1v) is 9.90. The van der Waals surface area contributed by atoms with Crippen LogP contribution in [-0.4, -0.2) is 63.1 Å². The van der Waals surface area contributed by atoms with E-state index in [1.807, 2.05) is 25.2 Å². The normalized spacial score (nSPS) is 15.9. The third-order valence-electron chi connectivity index (χ3n) is 5.23. The topological polar surface area (TPSA) is 40.1 Å². The molecule has 1 heterocycles. The zero-order chi connectivity index (χ0) is 18.8. The molecule has 5 nitrogen and oxygen atoms in total. The molecule has 1 saturated heterocycles. The van der Waals surface area contributed by atoms with E-state index in [-0.39, 0.29) is 24.0 Å². The average molecular weight is 488 g/mol. The Labute approximate surface area is 182 Å². The highest BCUT2D eigenvalue weighted by atomic mass is 127. The van der Waals surface area contributed by atoms with Crippen LogP contribution in [0.15, 0.2) is 29.3 Å². The molecule has 2 rings (SSSR count). The number of guanidine groups is 1. The molecule has 1 fully saturated rings. The van der Waals surface area contributed by atoms with Gasteiger partial charge in [0.2, 0.25) is 0 Å². The molecule has 0 bridgehead atoms. The van der Waals surface area contributed by atoms with E-state index in [2.05, 4.69) is 40.1 Å². The fourth-order valence-corrected chi connectivity index (χ4v) is 3.49. The number of benzene rings is 1. The largest absolute Gasteiger partial charge is 0.496 e. The molecule has 1 aliphatic rings. The van der Waals surface area contributed by atoms with E-state index in [4.69, 9.17) is 4.74 Å². The van der Waals surface area contributed by atoms with E-state index in [9.17, 15) is 0 Å². The van der Waals surface area contributed by atoms with Gasteiger partial charge in [0.05, 0.1) is 7.11 Å². The molecule has 0 aliphatic carbocycles. The van der Waals surface area contributed by atoms with Crippen molar-refractivity contribution in [2.24, 2.45) is 10.9 Å². The predicted octanol–water partition coefficient (Wildman–Crippen LogP) is 3.83. The minimum absolute atomic E-state index is 0. The summed E-state index contributed by atoms with van der Waals surface area (Å²) in [7, 11) is 5.63. The molecule has 27 heavy (non-hydrogen) atoms. The van der Waals surface area contributed by atoms with Crippen LogP contribution in [0.2, 0.25) is 0 Å². The lowest BCUT2D eigenvalue weighted by molar-refractivity contribution is 0.189. The van der Waals surface area contributed by atoms with Crippen LogP contribution in [-0.2, 0) is 6.54 Å². The number of nitrogens with one attached hydrogen (secondary N) is 1. The lowest BCUT2D eigenvalue weighted by atomic mass is 9.99. The number of methoxy groups -OCH3 is 1. The Morgan fingerprint density at radius 3 is 2.63 bits per heavy atom. The maximum Gasteiger partial charge on any atom is 0.193 e. The van der Waals surface area contributed by atoms with Crippen molar-refractivity contribution < 1.29 is 4.74 Å². The van der Waals surface area contributed by atoms with Gasteiger partial charge in [0.25, 0.3) is 0 Å². The molecule has 6 heteroatoms. The molecule has 1 aromatic carbocycles. The minimum Gasteiger partial charge on any atom is -0.496 e. The summed E-state index contributed by atoms with van der Waals surface area (Å²) < 4.78 is 5.45. The Hall–Kier alpha value is -1.02. The van der Waals surface area contributed by atoms with Crippen molar-refractivity contribution >= 4 is 29.9 Å². The summed E-state index contributed by atoms with van der Waals surface area (Å²) in [6.07, 6.45) is 5.14. The van der Waals surface area contributed by atoms with E-state index in [0.29, 0.717) is 0 Å². The first-order valence-electron chi connectivity index (χ1n) is 9.90. The van der Waals surface area contributed by atoms with E-state index >= 15 is 0 Å². The van der Waals surface area contributed by atoms with Gasteiger partial charge in [0.1, 0.15) is 5.75 Å². The second-order valence-corrected chi connectivity index (χ2v) is 7.37. The zero-order valence-electron chi connectivity index (χ0n) is 17.4. The minimum atomic E-state index is 0. The SMILES string of the molecule is CN=C(NCCCCN1CCC(C)CC1)N(C)Cc1ccccc1OC.I. The van der Waals surface area contributed by atoms with E-state index < -0.39 is 0 Å². The van der Waals surface area contributed by atoms with Crippen LogP contribution < -0.4 is 10.1 Å². The summed E-state index contributed by atoms with van der Waals surface area (Å²) in [5.74, 6) is 2.77. The van der Waals surface area contributed by atoms with Gasteiger partial charge in [-0.25, -0.2) is 0 Å². The van der Waals surface area contributed by atoms with Crippen molar-refractivity contribution in [3.8, 4) is 5.75 Å². The van der Waals surface area contributed by atoms with Crippen molar-refractivity contribution in [1.82, 2.24) is 15.1 Å². The van der Waals surface area contributed by atoms with Gasteiger partial charge in [-0.2, -0.15) is 0 Å². The highest BCUT2D eigenvalue weighted by Crippen LogP contribution is 2.19. The number of hydrogen-bond acceptors (Lipinski definition) is 3. The molecule has 0 spiro atoms. The standard InChI is InChI=1S/C21H36N4O.HI/c1-18-11-15-25(16-12-18)14-8-7-13-23-21(22-2)24(3)17-19-9-5-6-10-20(19)26-4;/h5-6,9-10,18H,7-8,11-17H2,1-4H3,(H,22,23);1H. The van der Waals surface area contributed by atoms with E-state index in [1.165, 1.54) is 50.9 Å². The summed E-state index contributed by atoms with van der Waals surface area (Å²) in [6, 6.07) is 8.14. The third-order valence-corrected chi connectivity index (χ3v) is 5.23. The maximum atomic E-state index is 5.45. The Balaban J connectivity index is 0.00000364. The molecule has 0 atom stereocenters. The molecule has 0 unspecified atom stereocenters. The van der Waals surface area contributed by atoms with Crippen molar-refractivity contribution in [1.29, 1.82) is 0 Å². The second kappa shape index (κ2) is 13.2. The second-order valence-electron chi connectivity index (χ2n) is 7.37. The van der Waals surface area contributed by atoms with Gasteiger partial charge in [0.15, 0.2) is 5.96 Å². The number of para-hydroxylation sites is 1. The number of hydrogen-bond donors (Lipinski definition) is 1. The number of ether oxygens (including phenoxy) is 1. The van der Waals surface area contributed by atoms with E-state index in [0.717, 1.165) is 30.7 Å². The van der Waals surface area contributed by atoms with Crippen LogP contribution in [0, 0.1) is 5.92 Å². The molecule has 154 valence electrons. The van der Waals surface area contributed by atoms with Gasteiger partial charge < -0.3 is 19.9 Å². The molecular formula is C21H37IN4O. The maximum absolute atomic E-state index is 5.45. The number of aliphatic imine (C=N–C) groups is 1. The monoisotopic (exact) mass is 488 g/mol. The molecule has 0 aromatic heterocycles. The van der Waals surface area contributed by atoms with Crippen molar-refractivity contribution in [2.45, 2.75) is 39.2 Å². The highest BCUT2D eigenvalue weighted by molar-refractivity contribution is 14.0. The summed E-state index contributed by atoms with van der Waals surface area (Å²) in [6.45, 7) is 7.89. The van der Waals surface area contributed by atoms with Crippen molar-refractivity contribution in [3.05, 3.63) is 29.8 Å². The van der Waals surface area contributed by atoms with Crippen molar-refractivity contribution in [3.63, 3.8) is 0 Å². The van der Waals surface area contributed by atoms with Crippen LogP contribution in [0.5, 0.6) is 5.75 Å². The summed E-state index contributed by atoms with van der Waals surface area (Å²) in [5.41, 5.74) is 1.17. The van der Waals surface area contributed by atoms with Gasteiger partial charge in [-0.1, -0.05) is 25.1 Å². The fraction of sp³-hybridized carbons (Fsp3) is 0.667. The lowest BCUT2D eigenvalue weighted by Crippen LogP contribution is -2.39. The zero-order valence-corrected chi connectivity index (χ0v) is 19.7. The number of nitrogens with zero attached hydrogens (tertiary/aromatic N) is 3. The van der Waals surface area contributed by atoms with Crippen LogP contribution in [0.1, 0.15) is 38.2 Å². The van der Waals surface area contributed by atoms with Gasteiger partial charge in [-0.15, -0.1) is 24.0 Å². The Morgan fingerprint density at radius 2 is 1.96 bits per heavy atom. The number of unbranched alkanes of at least 4 members (excludes halogenated alkanes) is 1. The molecule has 1 N–H and O–H groups in total. The molecular weight excluding hydrogens is 451 g/mol. The quantitative estimate of drug-likeness (QED) is 0.261. The molecule has 1 aromatic rings. The fourth-order valence-electron chi connectivity index (χ4n) is 3.49. The van der Waals surface area contributed by atoms with Gasteiger partial charge >= 0.3 is 0 Å². The number of rotatable bonds is 8. The highest BCUT2D eigenvalue weighted by Gasteiger charge is 2.15. The molecule has 0 amide bonds. The number of piperidine rings is 1. The van der Waals surface area contributed by atoms with Crippen LogP contribution in [0.3, 0.4) is 0 Å². The number of likely N-dealkylation sites (tertiary alicyclic amines) is 1. The molecule has 1 aliphatic heterocycles. The van der Waals surface area contributed by atoms with Crippen LogP contribution >= 0.6 is 24.0 Å². The lowest BCUT2D eigenvalue weighted by Gasteiger charge is -2.30. The molecule has 0 radical (unpaired) electrons. The van der Waals surface area contributed by atoms with Crippen LogP contribution in [0.4, 0.5) is 0 Å². The third kappa shape index (κ3) is 8.25. The van der Waals surface area contributed by atoms with E-state index in [1.54, 1.807) is 7.11 Å². The summed E-state index contributed by atoms with van der Waals surface area (Å²) in [4.78, 5) is 9.17. The van der Waals surface area contributed by atoms with Gasteiger partial charge in [-0.3, -0.25) is 4.99 Å². The average Bonchev–Trinajstić information content (AvgIpc) is 2.66. The summed E-state index contributed by atoms with van der Waals surface area (Å²) >= 11 is 0. The smallest absolute Gasteiger partial charge is 0.193 e. The first-order chi connectivity index (χ1) is 12.6.